The van der Waals surface area contributed by atoms with Crippen molar-refractivity contribution >= 4 is 17.8 Å². The van der Waals surface area contributed by atoms with Crippen LogP contribution < -0.4 is 9.47 Å². The van der Waals surface area contributed by atoms with Gasteiger partial charge in [-0.2, -0.15) is 0 Å². The molecule has 1 saturated heterocycles. The molecular formula is C20H24N4O5. The summed E-state index contributed by atoms with van der Waals surface area (Å²) >= 11 is 0. The molecule has 0 spiro atoms. The van der Waals surface area contributed by atoms with Gasteiger partial charge in [0.2, 0.25) is 11.8 Å². The molecule has 4 amide bonds. The van der Waals surface area contributed by atoms with Crippen LogP contribution in [0.1, 0.15) is 28.7 Å². The number of hydrogen-bond donors (Lipinski definition) is 0. The summed E-state index contributed by atoms with van der Waals surface area (Å²) in [4.78, 5) is 40.1. The van der Waals surface area contributed by atoms with Gasteiger partial charge in [-0.1, -0.05) is 12.1 Å². The summed E-state index contributed by atoms with van der Waals surface area (Å²) in [6.45, 7) is 3.48. The van der Waals surface area contributed by atoms with Crippen molar-refractivity contribution in [1.29, 1.82) is 0 Å². The molecule has 1 aromatic carbocycles. The number of nitrogens with zero attached hydrogens (tertiary/aromatic N) is 4. The van der Waals surface area contributed by atoms with Crippen LogP contribution in [-0.4, -0.2) is 53.4 Å². The average Bonchev–Trinajstić information content (AvgIpc) is 2.91. The Hall–Kier alpha value is -3.36. The van der Waals surface area contributed by atoms with Gasteiger partial charge in [-0.15, -0.1) is 0 Å². The van der Waals surface area contributed by atoms with Crippen LogP contribution in [0.4, 0.5) is 4.79 Å². The molecule has 0 unspecified atom stereocenters. The van der Waals surface area contributed by atoms with Crippen LogP contribution in [0.2, 0.25) is 0 Å². The number of imide groups is 2. The molecule has 2 heterocycles. The van der Waals surface area contributed by atoms with E-state index >= 15 is 0 Å². The standard InChI is InChI=1S/C20H24N4O5/c1-11-12(2)24(28)17(21(11)3)15(13-7-9-14(29-6)10-8-13)16-18(25)22(4)20(27)23(5)19(16)26/h7-10,15-16H,1-6H3/t15-/m0/s1. The molecule has 1 atom stereocenters. The minimum absolute atomic E-state index is 0.257. The number of hydrogen-bond acceptors (Lipinski definition) is 5. The summed E-state index contributed by atoms with van der Waals surface area (Å²) in [5.74, 6) is -2.55. The second-order valence-corrected chi connectivity index (χ2v) is 7.19. The summed E-state index contributed by atoms with van der Waals surface area (Å²) in [5.41, 5.74) is 1.80. The molecule has 0 radical (unpaired) electrons. The average molecular weight is 400 g/mol. The highest BCUT2D eigenvalue weighted by atomic mass is 16.5. The van der Waals surface area contributed by atoms with E-state index in [1.807, 2.05) is 0 Å². The van der Waals surface area contributed by atoms with E-state index < -0.39 is 29.7 Å². The van der Waals surface area contributed by atoms with E-state index in [1.165, 1.54) is 21.2 Å². The van der Waals surface area contributed by atoms with Crippen molar-refractivity contribution in [2.45, 2.75) is 19.8 Å². The first-order chi connectivity index (χ1) is 13.6. The number of rotatable bonds is 4. The lowest BCUT2D eigenvalue weighted by molar-refractivity contribution is -0.621. The highest BCUT2D eigenvalue weighted by Gasteiger charge is 2.51. The molecule has 1 aliphatic rings. The zero-order chi connectivity index (χ0) is 21.6. The van der Waals surface area contributed by atoms with Gasteiger partial charge in [-0.3, -0.25) is 19.4 Å². The normalized spacial score (nSPS) is 16.6. The van der Waals surface area contributed by atoms with Crippen LogP contribution in [0.3, 0.4) is 0 Å². The lowest BCUT2D eigenvalue weighted by atomic mass is 9.82. The molecule has 0 bridgehead atoms. The molecule has 1 aromatic heterocycles. The van der Waals surface area contributed by atoms with Crippen LogP contribution in [0.5, 0.6) is 5.75 Å². The Balaban J connectivity index is 2.26. The van der Waals surface area contributed by atoms with Crippen molar-refractivity contribution in [1.82, 2.24) is 14.4 Å². The molecule has 154 valence electrons. The second kappa shape index (κ2) is 7.23. The molecule has 0 saturated carbocycles. The van der Waals surface area contributed by atoms with E-state index in [2.05, 4.69) is 0 Å². The Morgan fingerprint density at radius 1 is 1.00 bits per heavy atom. The fourth-order valence-corrected chi connectivity index (χ4v) is 3.73. The van der Waals surface area contributed by atoms with E-state index in [-0.39, 0.29) is 5.82 Å². The monoisotopic (exact) mass is 400 g/mol. The third-order valence-corrected chi connectivity index (χ3v) is 5.74. The smallest absolute Gasteiger partial charge is 0.332 e. The number of imidazole rings is 1. The molecule has 2 aromatic rings. The quantitative estimate of drug-likeness (QED) is 0.435. The molecule has 1 fully saturated rings. The zero-order valence-corrected chi connectivity index (χ0v) is 17.3. The van der Waals surface area contributed by atoms with Gasteiger partial charge in [0.05, 0.1) is 14.2 Å². The minimum atomic E-state index is -1.25. The van der Waals surface area contributed by atoms with E-state index in [4.69, 9.17) is 4.74 Å². The fraction of sp³-hybridized carbons (Fsp3) is 0.400. The minimum Gasteiger partial charge on any atom is -0.711 e. The van der Waals surface area contributed by atoms with Gasteiger partial charge in [0.1, 0.15) is 29.0 Å². The third kappa shape index (κ3) is 3.02. The molecule has 9 heteroatoms. The number of barbiturate groups is 1. The van der Waals surface area contributed by atoms with Crippen molar-refractivity contribution in [2.24, 2.45) is 13.0 Å². The molecule has 0 aliphatic carbocycles. The molecule has 3 rings (SSSR count). The molecular weight excluding hydrogens is 376 g/mol. The maximum absolute atomic E-state index is 13.0. The molecule has 0 N–H and O–H groups in total. The number of ether oxygens (including phenoxy) is 1. The van der Waals surface area contributed by atoms with Crippen LogP contribution >= 0.6 is 0 Å². The van der Waals surface area contributed by atoms with Gasteiger partial charge >= 0.3 is 6.03 Å². The Morgan fingerprint density at radius 3 is 1.93 bits per heavy atom. The van der Waals surface area contributed by atoms with Crippen molar-refractivity contribution in [2.75, 3.05) is 21.2 Å². The zero-order valence-electron chi connectivity index (χ0n) is 17.3. The highest BCUT2D eigenvalue weighted by molar-refractivity contribution is 6.16. The van der Waals surface area contributed by atoms with E-state index in [1.54, 1.807) is 49.7 Å². The number of urea groups is 1. The van der Waals surface area contributed by atoms with E-state index in [0.29, 0.717) is 17.0 Å². The largest absolute Gasteiger partial charge is 0.711 e. The Labute approximate surface area is 168 Å². The van der Waals surface area contributed by atoms with Crippen LogP contribution in [0, 0.1) is 25.0 Å². The van der Waals surface area contributed by atoms with Gasteiger partial charge in [-0.25, -0.2) is 14.1 Å². The first-order valence-corrected chi connectivity index (χ1v) is 9.10. The van der Waals surface area contributed by atoms with Crippen LogP contribution in [0.25, 0.3) is 0 Å². The summed E-state index contributed by atoms with van der Waals surface area (Å²) < 4.78 is 7.63. The predicted octanol–water partition coefficient (Wildman–Crippen LogP) is 1.08. The van der Waals surface area contributed by atoms with Crippen molar-refractivity contribution < 1.29 is 23.9 Å². The summed E-state index contributed by atoms with van der Waals surface area (Å²) in [6.07, 6.45) is 0. The van der Waals surface area contributed by atoms with Crippen molar-refractivity contribution in [3.05, 3.63) is 52.2 Å². The number of benzene rings is 1. The van der Waals surface area contributed by atoms with Gasteiger partial charge in [-0.05, 0) is 17.7 Å². The van der Waals surface area contributed by atoms with Gasteiger partial charge in [0.25, 0.3) is 5.82 Å². The predicted molar refractivity (Wildman–Crippen MR) is 103 cm³/mol. The maximum atomic E-state index is 13.0. The maximum Gasteiger partial charge on any atom is 0.332 e. The van der Waals surface area contributed by atoms with Gasteiger partial charge in [0, 0.05) is 27.9 Å². The fourth-order valence-electron chi connectivity index (χ4n) is 3.73. The van der Waals surface area contributed by atoms with Crippen molar-refractivity contribution in [3.63, 3.8) is 0 Å². The summed E-state index contributed by atoms with van der Waals surface area (Å²) in [6, 6.07) is 6.16. The van der Waals surface area contributed by atoms with Crippen LogP contribution in [0.15, 0.2) is 24.3 Å². The van der Waals surface area contributed by atoms with E-state index in [0.717, 1.165) is 20.2 Å². The van der Waals surface area contributed by atoms with Crippen molar-refractivity contribution in [3.8, 4) is 5.75 Å². The summed E-state index contributed by atoms with van der Waals surface area (Å²) in [7, 11) is 5.92. The molecule has 29 heavy (non-hydrogen) atoms. The first-order valence-electron chi connectivity index (χ1n) is 9.10. The van der Waals surface area contributed by atoms with Gasteiger partial charge < -0.3 is 9.94 Å². The number of methoxy groups -OCH3 is 1. The lowest BCUT2D eigenvalue weighted by Gasteiger charge is -2.35. The van der Waals surface area contributed by atoms with Crippen LogP contribution in [-0.2, 0) is 16.6 Å². The number of aromatic nitrogens is 2. The number of amides is 4. The highest BCUT2D eigenvalue weighted by Crippen LogP contribution is 2.36. The SMILES string of the molecule is COc1ccc([C@H](c2n(C)c(C)c(C)[n+]2[O-])C2C(=O)N(C)C(=O)N(C)C2=O)cc1. The third-order valence-electron chi connectivity index (χ3n) is 5.74. The Kier molecular flexibility index (Phi) is 5.08. The Bertz CT molecular complexity index is 946. The topological polar surface area (TPSA) is 98.8 Å². The number of carbonyl (C=O) groups is 3. The summed E-state index contributed by atoms with van der Waals surface area (Å²) in [5, 5.41) is 13.0. The molecule has 1 aliphatic heterocycles. The molecule has 9 nitrogen and oxygen atoms in total. The first kappa shape index (κ1) is 20.4. The Morgan fingerprint density at radius 2 is 1.52 bits per heavy atom. The lowest BCUT2D eigenvalue weighted by Crippen LogP contribution is -2.59. The second-order valence-electron chi connectivity index (χ2n) is 7.19. The number of carbonyl (C=O) groups excluding carboxylic acids is 3. The van der Waals surface area contributed by atoms with E-state index in [9.17, 15) is 19.6 Å². The van der Waals surface area contributed by atoms with Gasteiger partial charge in [0.15, 0.2) is 0 Å².